The van der Waals surface area contributed by atoms with Gasteiger partial charge in [0.15, 0.2) is 0 Å². The molecular weight excluding hydrogens is 511 g/mol. The Hall–Kier alpha value is -4.31. The van der Waals surface area contributed by atoms with E-state index in [2.05, 4.69) is 15.6 Å². The number of hydrogen-bond acceptors (Lipinski definition) is 6. The monoisotopic (exact) mass is 544 g/mol. The van der Waals surface area contributed by atoms with Gasteiger partial charge >= 0.3 is 0 Å². The van der Waals surface area contributed by atoms with Gasteiger partial charge in [0.05, 0.1) is 11.6 Å². The number of hydrogen-bond donors (Lipinski definition) is 1. The first kappa shape index (κ1) is 27.3. The van der Waals surface area contributed by atoms with E-state index in [1.807, 2.05) is 67.5 Å². The minimum absolute atomic E-state index is 0.0523. The Morgan fingerprint density at radius 3 is 2.52 bits per heavy atom. The molecule has 1 fully saturated rings. The summed E-state index contributed by atoms with van der Waals surface area (Å²) in [4.78, 5) is 31.4. The van der Waals surface area contributed by atoms with E-state index >= 15 is 0 Å². The van der Waals surface area contributed by atoms with E-state index in [1.54, 1.807) is 12.1 Å². The highest BCUT2D eigenvalue weighted by Crippen LogP contribution is 2.27. The molecule has 0 unspecified atom stereocenters. The number of ether oxygens (including phenoxy) is 1. The summed E-state index contributed by atoms with van der Waals surface area (Å²) in [5, 5.41) is 11.4. The van der Waals surface area contributed by atoms with Gasteiger partial charge in [0.2, 0.25) is 11.8 Å². The number of nitrogens with one attached hydrogen (secondary N) is 1. The van der Waals surface area contributed by atoms with Crippen molar-refractivity contribution in [3.8, 4) is 0 Å². The average molecular weight is 545 g/mol. The van der Waals surface area contributed by atoms with Crippen molar-refractivity contribution in [3.05, 3.63) is 89.7 Å². The number of para-hydroxylation sites is 1. The summed E-state index contributed by atoms with van der Waals surface area (Å²) in [6.07, 6.45) is 1.78. The van der Waals surface area contributed by atoms with Crippen molar-refractivity contribution in [3.63, 3.8) is 0 Å². The molecule has 9 nitrogen and oxygen atoms in total. The summed E-state index contributed by atoms with van der Waals surface area (Å²) < 4.78 is 20.9. The van der Waals surface area contributed by atoms with E-state index < -0.39 is 6.04 Å². The number of carbonyl (C=O) groups excluding carboxylic acids is 2. The summed E-state index contributed by atoms with van der Waals surface area (Å²) >= 11 is 0. The lowest BCUT2D eigenvalue weighted by atomic mass is 10.0. The van der Waals surface area contributed by atoms with Crippen LogP contribution in [-0.4, -0.2) is 65.1 Å². The van der Waals surface area contributed by atoms with Crippen molar-refractivity contribution in [1.29, 1.82) is 0 Å². The number of benzene rings is 3. The molecule has 2 heterocycles. The van der Waals surface area contributed by atoms with E-state index in [-0.39, 0.29) is 36.8 Å². The Morgan fingerprint density at radius 1 is 1.07 bits per heavy atom. The number of rotatable bonds is 10. The topological polar surface area (TPSA) is 92.6 Å². The molecule has 0 spiro atoms. The van der Waals surface area contributed by atoms with Gasteiger partial charge in [0.1, 0.15) is 23.9 Å². The molecule has 2 amide bonds. The van der Waals surface area contributed by atoms with Crippen molar-refractivity contribution in [2.45, 2.75) is 38.1 Å². The maximum Gasteiger partial charge on any atom is 0.247 e. The Labute approximate surface area is 232 Å². The van der Waals surface area contributed by atoms with Crippen LogP contribution in [0.5, 0.6) is 0 Å². The minimum Gasteiger partial charge on any atom is -0.378 e. The van der Waals surface area contributed by atoms with Crippen LogP contribution < -0.4 is 10.2 Å². The first-order valence-corrected chi connectivity index (χ1v) is 13.4. The molecule has 1 aromatic heterocycles. The van der Waals surface area contributed by atoms with Gasteiger partial charge < -0.3 is 19.9 Å². The number of fused-ring (bicyclic) bond motifs is 1. The lowest BCUT2D eigenvalue weighted by molar-refractivity contribution is -0.142. The molecule has 0 radical (unpaired) electrons. The molecule has 10 heteroatoms. The van der Waals surface area contributed by atoms with Gasteiger partial charge in [-0.05, 0) is 60.4 Å². The summed E-state index contributed by atoms with van der Waals surface area (Å²) in [7, 11) is 3.88. The first-order valence-electron chi connectivity index (χ1n) is 13.4. The third-order valence-corrected chi connectivity index (χ3v) is 7.10. The normalized spacial score (nSPS) is 15.6. The molecule has 5 rings (SSSR count). The molecule has 1 aliphatic rings. The maximum atomic E-state index is 14.0. The fourth-order valence-corrected chi connectivity index (χ4v) is 4.91. The summed E-state index contributed by atoms with van der Waals surface area (Å²) in [6, 6.07) is 19.9. The maximum absolute atomic E-state index is 14.0. The van der Waals surface area contributed by atoms with E-state index in [0.717, 1.165) is 18.5 Å². The third kappa shape index (κ3) is 6.28. The Morgan fingerprint density at radius 2 is 1.82 bits per heavy atom. The second kappa shape index (κ2) is 12.3. The molecule has 3 aromatic carbocycles. The van der Waals surface area contributed by atoms with Gasteiger partial charge in [0, 0.05) is 39.5 Å². The van der Waals surface area contributed by atoms with Crippen LogP contribution in [0.1, 0.15) is 30.0 Å². The fraction of sp³-hybridized carbons (Fsp3) is 0.333. The number of nitrogens with zero attached hydrogens (tertiary/aromatic N) is 5. The van der Waals surface area contributed by atoms with Crippen LogP contribution in [0.2, 0.25) is 0 Å². The number of anilines is 1. The standard InChI is InChI=1S/C30H33FN6O3/c1-35(2)24-15-11-22(12-16-24)29(30(39)32-18-25-6-5-17-40-25)36(19-21-9-13-23(31)14-10-21)28(38)20-37-27-8-4-3-7-26(27)33-34-37/h3-4,7-16,25,29H,5-6,17-20H2,1-2H3,(H,32,39)/t25-,29+/m0/s1. The highest BCUT2D eigenvalue weighted by atomic mass is 19.1. The number of halogens is 1. The summed E-state index contributed by atoms with van der Waals surface area (Å²) in [6.45, 7) is 1.01. The third-order valence-electron chi connectivity index (χ3n) is 7.10. The van der Waals surface area contributed by atoms with Crippen molar-refractivity contribution in [2.75, 3.05) is 32.1 Å². The van der Waals surface area contributed by atoms with Crippen LogP contribution in [0, 0.1) is 5.82 Å². The summed E-state index contributed by atoms with van der Waals surface area (Å²) in [5.74, 6) is -1.01. The number of carbonyl (C=O) groups is 2. The highest BCUT2D eigenvalue weighted by Gasteiger charge is 2.33. The quantitative estimate of drug-likeness (QED) is 0.327. The van der Waals surface area contributed by atoms with Gasteiger partial charge in [-0.3, -0.25) is 9.59 Å². The molecule has 0 bridgehead atoms. The molecule has 1 aliphatic heterocycles. The number of amides is 2. The van der Waals surface area contributed by atoms with Gasteiger partial charge in [-0.1, -0.05) is 41.6 Å². The molecular formula is C30H33FN6O3. The molecule has 1 N–H and O–H groups in total. The first-order chi connectivity index (χ1) is 19.4. The van der Waals surface area contributed by atoms with Crippen molar-refractivity contribution in [1.82, 2.24) is 25.2 Å². The van der Waals surface area contributed by atoms with E-state index in [9.17, 15) is 14.0 Å². The van der Waals surface area contributed by atoms with E-state index in [0.29, 0.717) is 35.3 Å². The molecule has 1 saturated heterocycles. The Bertz CT molecular complexity index is 1450. The Balaban J connectivity index is 1.50. The molecule has 4 aromatic rings. The van der Waals surface area contributed by atoms with Gasteiger partial charge in [-0.15, -0.1) is 5.10 Å². The average Bonchev–Trinajstić information content (AvgIpc) is 3.63. The summed E-state index contributed by atoms with van der Waals surface area (Å²) in [5.41, 5.74) is 3.71. The van der Waals surface area contributed by atoms with Crippen LogP contribution in [0.3, 0.4) is 0 Å². The van der Waals surface area contributed by atoms with Crippen molar-refractivity contribution in [2.24, 2.45) is 0 Å². The largest absolute Gasteiger partial charge is 0.378 e. The van der Waals surface area contributed by atoms with Gasteiger partial charge in [-0.25, -0.2) is 9.07 Å². The molecule has 208 valence electrons. The SMILES string of the molecule is CN(C)c1ccc([C@H](C(=O)NC[C@@H]2CCCO2)N(Cc2ccc(F)cc2)C(=O)Cn2nnc3ccccc32)cc1. The van der Waals surface area contributed by atoms with Crippen LogP contribution >= 0.6 is 0 Å². The van der Waals surface area contributed by atoms with E-state index in [1.165, 1.54) is 21.7 Å². The lowest BCUT2D eigenvalue weighted by Gasteiger charge is -2.32. The zero-order valence-electron chi connectivity index (χ0n) is 22.7. The smallest absolute Gasteiger partial charge is 0.247 e. The number of aromatic nitrogens is 3. The minimum atomic E-state index is -0.940. The molecule has 0 saturated carbocycles. The van der Waals surface area contributed by atoms with Crippen molar-refractivity contribution < 1.29 is 18.7 Å². The predicted molar refractivity (Wildman–Crippen MR) is 150 cm³/mol. The van der Waals surface area contributed by atoms with Gasteiger partial charge in [0.25, 0.3) is 0 Å². The molecule has 2 atom stereocenters. The fourth-order valence-electron chi connectivity index (χ4n) is 4.91. The molecule has 0 aliphatic carbocycles. The van der Waals surface area contributed by atoms with Gasteiger partial charge in [-0.2, -0.15) is 0 Å². The van der Waals surface area contributed by atoms with Crippen LogP contribution in [0.25, 0.3) is 11.0 Å². The second-order valence-electron chi connectivity index (χ2n) is 10.2. The van der Waals surface area contributed by atoms with Crippen molar-refractivity contribution >= 4 is 28.5 Å². The molecule has 40 heavy (non-hydrogen) atoms. The zero-order chi connectivity index (χ0) is 28.1. The zero-order valence-corrected chi connectivity index (χ0v) is 22.7. The van der Waals surface area contributed by atoms with Crippen LogP contribution in [0.4, 0.5) is 10.1 Å². The second-order valence-corrected chi connectivity index (χ2v) is 10.2. The predicted octanol–water partition coefficient (Wildman–Crippen LogP) is 3.70. The van der Waals surface area contributed by atoms with Crippen LogP contribution in [0.15, 0.2) is 72.8 Å². The van der Waals surface area contributed by atoms with E-state index in [4.69, 9.17) is 4.74 Å². The lowest BCUT2D eigenvalue weighted by Crippen LogP contribution is -2.46. The van der Waals surface area contributed by atoms with Crippen LogP contribution in [-0.2, 0) is 27.4 Å². The highest BCUT2D eigenvalue weighted by molar-refractivity contribution is 5.89. The Kier molecular flexibility index (Phi) is 8.35.